The first-order chi connectivity index (χ1) is 5.67. The molecule has 0 aliphatic rings. The zero-order valence-corrected chi connectivity index (χ0v) is 7.77. The van der Waals surface area contributed by atoms with Gasteiger partial charge in [0.15, 0.2) is 0 Å². The second-order valence-corrected chi connectivity index (χ2v) is 4.10. The van der Waals surface area contributed by atoms with E-state index in [4.69, 9.17) is 9.79 Å². The maximum Gasteiger partial charge on any atom is 0.393 e. The second kappa shape index (κ2) is 4.26. The summed E-state index contributed by atoms with van der Waals surface area (Å²) >= 11 is 0. The van der Waals surface area contributed by atoms with Crippen LogP contribution < -0.4 is 0 Å². The van der Waals surface area contributed by atoms with Crippen molar-refractivity contribution in [2.75, 3.05) is 0 Å². The molecule has 0 atom stereocenters. The third-order valence-electron chi connectivity index (χ3n) is 1.20. The van der Waals surface area contributed by atoms with Crippen molar-refractivity contribution in [3.8, 4) is 0 Å². The second-order valence-electron chi connectivity index (χ2n) is 2.44. The third-order valence-corrected chi connectivity index (χ3v) is 2.28. The molecule has 0 bridgehead atoms. The van der Waals surface area contributed by atoms with Crippen LogP contribution in [-0.2, 0) is 4.57 Å². The van der Waals surface area contributed by atoms with Crippen molar-refractivity contribution in [3.63, 3.8) is 0 Å². The maximum absolute atomic E-state index is 11.8. The molecule has 13 heavy (non-hydrogen) atoms. The smallest absolute Gasteiger partial charge is 0.321 e. The number of hydrogen-bond donors (Lipinski definition) is 2. The van der Waals surface area contributed by atoms with Crippen LogP contribution in [0.3, 0.4) is 0 Å². The molecular formula is C6H10F3O3P. The molecule has 0 unspecified atom stereocenters. The number of hydrogen-bond acceptors (Lipinski definition) is 1. The van der Waals surface area contributed by atoms with Crippen LogP contribution in [0.4, 0.5) is 13.2 Å². The van der Waals surface area contributed by atoms with Crippen molar-refractivity contribution in [1.29, 1.82) is 0 Å². The highest BCUT2D eigenvalue weighted by Gasteiger charge is 2.35. The first-order valence-electron chi connectivity index (χ1n) is 3.48. The molecule has 0 saturated carbocycles. The van der Waals surface area contributed by atoms with E-state index in [0.717, 1.165) is 6.08 Å². The number of rotatable bonds is 3. The van der Waals surface area contributed by atoms with Gasteiger partial charge in [0.1, 0.15) is 0 Å². The molecule has 0 amide bonds. The van der Waals surface area contributed by atoms with Crippen LogP contribution >= 0.6 is 7.60 Å². The van der Waals surface area contributed by atoms with Gasteiger partial charge < -0.3 is 9.79 Å². The van der Waals surface area contributed by atoms with E-state index in [-0.39, 0.29) is 6.42 Å². The van der Waals surface area contributed by atoms with Gasteiger partial charge >= 0.3 is 13.8 Å². The Morgan fingerprint density at radius 3 is 2.15 bits per heavy atom. The lowest BCUT2D eigenvalue weighted by atomic mass is 10.3. The summed E-state index contributed by atoms with van der Waals surface area (Å²) in [5.41, 5.74) is 0. The van der Waals surface area contributed by atoms with Gasteiger partial charge in [-0.05, 0) is 6.42 Å². The van der Waals surface area contributed by atoms with Gasteiger partial charge in [0.2, 0.25) is 0 Å². The lowest BCUT2D eigenvalue weighted by Crippen LogP contribution is -2.08. The predicted molar refractivity (Wildman–Crippen MR) is 41.1 cm³/mol. The van der Waals surface area contributed by atoms with Crippen LogP contribution in [0.5, 0.6) is 0 Å². The van der Waals surface area contributed by atoms with Gasteiger partial charge in [-0.1, -0.05) is 13.0 Å². The molecule has 78 valence electrons. The van der Waals surface area contributed by atoms with Crippen molar-refractivity contribution >= 4 is 7.60 Å². The van der Waals surface area contributed by atoms with Gasteiger partial charge in [0.05, 0.1) is 6.42 Å². The Hall–Kier alpha value is -0.320. The minimum atomic E-state index is -4.75. The molecule has 0 aromatic rings. The van der Waals surface area contributed by atoms with Crippen molar-refractivity contribution in [2.24, 2.45) is 0 Å². The quantitative estimate of drug-likeness (QED) is 0.715. The molecule has 2 N–H and O–H groups in total. The Labute approximate surface area is 73.4 Å². The highest BCUT2D eigenvalue weighted by atomic mass is 31.2. The first kappa shape index (κ1) is 12.7. The predicted octanol–water partition coefficient (Wildman–Crippen LogP) is 2.41. The van der Waals surface area contributed by atoms with E-state index in [2.05, 4.69) is 0 Å². The van der Waals surface area contributed by atoms with Crippen molar-refractivity contribution in [3.05, 3.63) is 11.4 Å². The molecule has 0 fully saturated rings. The lowest BCUT2D eigenvalue weighted by Gasteiger charge is -2.11. The summed E-state index contributed by atoms with van der Waals surface area (Å²) in [6, 6.07) is 0. The molecule has 0 radical (unpaired) electrons. The molecule has 0 spiro atoms. The lowest BCUT2D eigenvalue weighted by molar-refractivity contribution is -0.126. The average molecular weight is 218 g/mol. The average Bonchev–Trinajstić information content (AvgIpc) is 1.81. The molecule has 0 rings (SSSR count). The third kappa shape index (κ3) is 5.85. The van der Waals surface area contributed by atoms with E-state index in [0.29, 0.717) is 0 Å². The Balaban J connectivity index is 4.67. The van der Waals surface area contributed by atoms with Crippen LogP contribution in [0.1, 0.15) is 19.8 Å². The summed E-state index contributed by atoms with van der Waals surface area (Å²) in [5, 5.41) is -0.859. The standard InChI is InChI=1S/C6H10F3O3P/c1-2-3-5(13(10,11)12)4-6(7,8)9/h3H,2,4H2,1H3,(H2,10,11,12). The van der Waals surface area contributed by atoms with Gasteiger partial charge in [-0.2, -0.15) is 13.2 Å². The van der Waals surface area contributed by atoms with E-state index in [1.165, 1.54) is 6.92 Å². The Bertz CT molecular complexity index is 240. The normalized spacial score (nSPS) is 14.8. The molecule has 0 saturated heterocycles. The van der Waals surface area contributed by atoms with Crippen LogP contribution in [-0.4, -0.2) is 16.0 Å². The largest absolute Gasteiger partial charge is 0.393 e. The van der Waals surface area contributed by atoms with E-state index in [9.17, 15) is 17.7 Å². The topological polar surface area (TPSA) is 57.5 Å². The minimum absolute atomic E-state index is 0.163. The molecular weight excluding hydrogens is 208 g/mol. The fourth-order valence-electron chi connectivity index (χ4n) is 0.735. The van der Waals surface area contributed by atoms with Crippen LogP contribution in [0.2, 0.25) is 0 Å². The summed E-state index contributed by atoms with van der Waals surface area (Å²) in [5.74, 6) is 0. The fourth-order valence-corrected chi connectivity index (χ4v) is 1.54. The Morgan fingerprint density at radius 2 is 1.92 bits per heavy atom. The van der Waals surface area contributed by atoms with Gasteiger partial charge in [-0.3, -0.25) is 4.57 Å². The summed E-state index contributed by atoms with van der Waals surface area (Å²) in [6.07, 6.45) is -5.06. The fraction of sp³-hybridized carbons (Fsp3) is 0.667. The van der Waals surface area contributed by atoms with Crippen molar-refractivity contribution in [1.82, 2.24) is 0 Å². The zero-order chi connectivity index (χ0) is 10.7. The molecule has 0 aliphatic heterocycles. The first-order valence-corrected chi connectivity index (χ1v) is 5.10. The van der Waals surface area contributed by atoms with Gasteiger partial charge in [-0.25, -0.2) is 0 Å². The number of halogens is 3. The number of alkyl halides is 3. The molecule has 0 aliphatic carbocycles. The summed E-state index contributed by atoms with van der Waals surface area (Å²) < 4.78 is 45.9. The van der Waals surface area contributed by atoms with Crippen LogP contribution in [0.15, 0.2) is 11.4 Å². The Morgan fingerprint density at radius 1 is 1.46 bits per heavy atom. The van der Waals surface area contributed by atoms with Crippen LogP contribution in [0, 0.1) is 0 Å². The van der Waals surface area contributed by atoms with E-state index >= 15 is 0 Å². The van der Waals surface area contributed by atoms with Gasteiger partial charge in [0.25, 0.3) is 0 Å². The molecule has 0 aromatic heterocycles. The highest BCUT2D eigenvalue weighted by molar-refractivity contribution is 7.56. The SMILES string of the molecule is CCC=C(CC(F)(F)F)P(=O)(O)O. The summed E-state index contributed by atoms with van der Waals surface area (Å²) in [6.45, 7) is 1.51. The van der Waals surface area contributed by atoms with Crippen molar-refractivity contribution in [2.45, 2.75) is 25.9 Å². The Kier molecular flexibility index (Phi) is 4.16. The maximum atomic E-state index is 11.8. The molecule has 7 heteroatoms. The summed E-state index contributed by atoms with van der Waals surface area (Å²) in [4.78, 5) is 17.0. The number of allylic oxidation sites excluding steroid dienone is 2. The van der Waals surface area contributed by atoms with E-state index in [1.807, 2.05) is 0 Å². The van der Waals surface area contributed by atoms with E-state index < -0.39 is 25.5 Å². The van der Waals surface area contributed by atoms with Gasteiger partial charge in [-0.15, -0.1) is 0 Å². The highest BCUT2D eigenvalue weighted by Crippen LogP contribution is 2.49. The molecule has 3 nitrogen and oxygen atoms in total. The van der Waals surface area contributed by atoms with Crippen molar-refractivity contribution < 1.29 is 27.5 Å². The minimum Gasteiger partial charge on any atom is -0.321 e. The molecule has 0 heterocycles. The summed E-state index contributed by atoms with van der Waals surface area (Å²) in [7, 11) is -4.75. The monoisotopic (exact) mass is 218 g/mol. The zero-order valence-electron chi connectivity index (χ0n) is 6.88. The van der Waals surface area contributed by atoms with Gasteiger partial charge in [0, 0.05) is 5.31 Å². The van der Waals surface area contributed by atoms with Crippen LogP contribution in [0.25, 0.3) is 0 Å². The molecule has 0 aromatic carbocycles. The van der Waals surface area contributed by atoms with E-state index in [1.54, 1.807) is 0 Å².